The number of nitrogens with zero attached hydrogens (tertiary/aromatic N) is 1. The lowest BCUT2D eigenvalue weighted by molar-refractivity contribution is -0.139. The minimum atomic E-state index is -0.869. The summed E-state index contributed by atoms with van der Waals surface area (Å²) >= 11 is 6.51. The van der Waals surface area contributed by atoms with E-state index in [1.807, 2.05) is 0 Å². The van der Waals surface area contributed by atoms with Crippen LogP contribution in [0.25, 0.3) is 0 Å². The second-order valence-corrected chi connectivity index (χ2v) is 8.99. The second kappa shape index (κ2) is 11.6. The highest BCUT2D eigenvalue weighted by atomic mass is 35.5. The number of hydrogen-bond donors (Lipinski definition) is 1. The Kier molecular flexibility index (Phi) is 8.29. The first-order valence-electron chi connectivity index (χ1n) is 12.0. The average molecular weight is 539 g/mol. The highest BCUT2D eigenvalue weighted by Gasteiger charge is 2.40. The summed E-state index contributed by atoms with van der Waals surface area (Å²) in [6.07, 6.45) is 0. The van der Waals surface area contributed by atoms with E-state index in [1.165, 1.54) is 7.11 Å². The number of dihydropyridines is 1. The van der Waals surface area contributed by atoms with Gasteiger partial charge in [-0.15, -0.1) is 0 Å². The highest BCUT2D eigenvalue weighted by Crippen LogP contribution is 2.41. The molecule has 0 aromatic heterocycles. The number of carbonyl (C=O) groups is 4. The van der Waals surface area contributed by atoms with Gasteiger partial charge in [-0.25, -0.2) is 9.59 Å². The molecule has 38 heavy (non-hydrogen) atoms. The van der Waals surface area contributed by atoms with Crippen molar-refractivity contribution < 1.29 is 33.4 Å². The van der Waals surface area contributed by atoms with Gasteiger partial charge in [-0.3, -0.25) is 14.5 Å². The number of fused-ring (bicyclic) bond motifs is 1. The summed E-state index contributed by atoms with van der Waals surface area (Å²) in [5.41, 5.74) is 2.47. The number of nitrogens with one attached hydrogen (secondary N) is 1. The number of esters is 2. The zero-order chi connectivity index (χ0) is 27.4. The predicted molar refractivity (Wildman–Crippen MR) is 138 cm³/mol. The van der Waals surface area contributed by atoms with E-state index in [1.54, 1.807) is 62.4 Å². The molecule has 2 aromatic carbocycles. The molecule has 0 saturated heterocycles. The number of halogens is 1. The maximum atomic E-state index is 13.2. The normalized spacial score (nSPS) is 16.9. The fourth-order valence-electron chi connectivity index (χ4n) is 4.63. The highest BCUT2D eigenvalue weighted by molar-refractivity contribution is 6.31. The van der Waals surface area contributed by atoms with Crippen LogP contribution in [0.15, 0.2) is 71.1 Å². The zero-order valence-electron chi connectivity index (χ0n) is 21.2. The fourth-order valence-corrected chi connectivity index (χ4v) is 4.88. The lowest BCUT2D eigenvalue weighted by atomic mass is 9.80. The van der Waals surface area contributed by atoms with Crippen LogP contribution in [0.1, 0.15) is 46.0 Å². The number of benzene rings is 2. The molecule has 0 spiro atoms. The maximum Gasteiger partial charge on any atom is 0.336 e. The van der Waals surface area contributed by atoms with E-state index in [9.17, 15) is 19.2 Å². The van der Waals surface area contributed by atoms with Crippen molar-refractivity contribution in [3.63, 3.8) is 0 Å². The first kappa shape index (κ1) is 27.1. The summed E-state index contributed by atoms with van der Waals surface area (Å²) in [6.45, 7) is 3.46. The van der Waals surface area contributed by atoms with Gasteiger partial charge in [0.05, 0.1) is 67.4 Å². The molecule has 9 nitrogen and oxygen atoms in total. The number of imide groups is 1. The van der Waals surface area contributed by atoms with Gasteiger partial charge in [0, 0.05) is 10.7 Å². The monoisotopic (exact) mass is 538 g/mol. The van der Waals surface area contributed by atoms with Gasteiger partial charge in [0.1, 0.15) is 0 Å². The summed E-state index contributed by atoms with van der Waals surface area (Å²) in [4.78, 5) is 52.4. The number of carbonyl (C=O) groups excluding carboxylic acids is 4. The molecule has 0 aliphatic carbocycles. The predicted octanol–water partition coefficient (Wildman–Crippen LogP) is 3.60. The Bertz CT molecular complexity index is 1330. The van der Waals surface area contributed by atoms with E-state index in [0.29, 0.717) is 33.1 Å². The Hall–Kier alpha value is -3.95. The van der Waals surface area contributed by atoms with Crippen molar-refractivity contribution in [2.24, 2.45) is 0 Å². The molecular weight excluding hydrogens is 512 g/mol. The first-order valence-corrected chi connectivity index (χ1v) is 12.4. The Morgan fingerprint density at radius 3 is 2.21 bits per heavy atom. The summed E-state index contributed by atoms with van der Waals surface area (Å²) in [6, 6.07) is 13.5. The number of amides is 2. The minimum absolute atomic E-state index is 0.0239. The molecule has 2 amide bonds. The number of methoxy groups -OCH3 is 1. The number of rotatable bonds is 9. The van der Waals surface area contributed by atoms with Crippen molar-refractivity contribution >= 4 is 35.4 Å². The molecule has 2 aliphatic heterocycles. The quantitative estimate of drug-likeness (QED) is 0.293. The zero-order valence-corrected chi connectivity index (χ0v) is 22.0. The molecule has 2 aromatic rings. The molecule has 10 heteroatoms. The van der Waals surface area contributed by atoms with Crippen molar-refractivity contribution in [1.29, 1.82) is 0 Å². The van der Waals surface area contributed by atoms with Crippen LogP contribution >= 0.6 is 11.6 Å². The van der Waals surface area contributed by atoms with Crippen LogP contribution < -0.4 is 5.32 Å². The Balaban J connectivity index is 1.61. The van der Waals surface area contributed by atoms with E-state index in [2.05, 4.69) is 5.32 Å². The van der Waals surface area contributed by atoms with Crippen molar-refractivity contribution in [1.82, 2.24) is 10.2 Å². The SMILES string of the molecule is CCOC(=O)C1=C(COCCN2C(=O)c3ccccc3C2=O)NC(C)=C(C(=O)OC)[C@H]1c1ccccc1Cl. The molecule has 1 atom stereocenters. The molecule has 4 rings (SSSR count). The molecule has 0 saturated carbocycles. The lowest BCUT2D eigenvalue weighted by Crippen LogP contribution is -2.36. The van der Waals surface area contributed by atoms with E-state index < -0.39 is 17.9 Å². The first-order chi connectivity index (χ1) is 18.3. The average Bonchev–Trinajstić information content (AvgIpc) is 3.15. The van der Waals surface area contributed by atoms with Gasteiger partial charge >= 0.3 is 11.9 Å². The van der Waals surface area contributed by atoms with E-state index >= 15 is 0 Å². The van der Waals surface area contributed by atoms with Crippen LogP contribution in [0, 0.1) is 0 Å². The van der Waals surface area contributed by atoms with Gasteiger partial charge in [0.15, 0.2) is 0 Å². The molecule has 0 radical (unpaired) electrons. The number of allylic oxidation sites excluding steroid dienone is 1. The number of ether oxygens (including phenoxy) is 3. The molecule has 0 fully saturated rings. The number of hydrogen-bond acceptors (Lipinski definition) is 8. The molecule has 1 N–H and O–H groups in total. The smallest absolute Gasteiger partial charge is 0.336 e. The molecule has 2 heterocycles. The topological polar surface area (TPSA) is 111 Å². The summed E-state index contributed by atoms with van der Waals surface area (Å²) in [5.74, 6) is -2.88. The second-order valence-electron chi connectivity index (χ2n) is 8.58. The summed E-state index contributed by atoms with van der Waals surface area (Å²) in [5, 5.41) is 3.45. The van der Waals surface area contributed by atoms with Gasteiger partial charge in [-0.05, 0) is 37.6 Å². The molecule has 0 bridgehead atoms. The molecule has 198 valence electrons. The van der Waals surface area contributed by atoms with Crippen molar-refractivity contribution in [3.8, 4) is 0 Å². The summed E-state index contributed by atoms with van der Waals surface area (Å²) < 4.78 is 16.2. The van der Waals surface area contributed by atoms with Gasteiger partial charge in [0.2, 0.25) is 0 Å². The fraction of sp³-hybridized carbons (Fsp3) is 0.286. The third-order valence-corrected chi connectivity index (χ3v) is 6.69. The van der Waals surface area contributed by atoms with Crippen LogP contribution in [0.3, 0.4) is 0 Å². The van der Waals surface area contributed by atoms with Crippen LogP contribution in [0.5, 0.6) is 0 Å². The Morgan fingerprint density at radius 1 is 0.974 bits per heavy atom. The lowest BCUT2D eigenvalue weighted by Gasteiger charge is -2.31. The van der Waals surface area contributed by atoms with Gasteiger partial charge in [-0.1, -0.05) is 41.9 Å². The van der Waals surface area contributed by atoms with Crippen molar-refractivity contribution in [2.45, 2.75) is 19.8 Å². The Morgan fingerprint density at radius 2 is 1.61 bits per heavy atom. The van der Waals surface area contributed by atoms with Crippen LogP contribution in [0.2, 0.25) is 5.02 Å². The molecular formula is C28H27ClN2O7. The van der Waals surface area contributed by atoms with E-state index in [-0.39, 0.29) is 49.3 Å². The van der Waals surface area contributed by atoms with Crippen molar-refractivity contribution in [3.05, 3.63) is 92.8 Å². The minimum Gasteiger partial charge on any atom is -0.466 e. The van der Waals surface area contributed by atoms with Gasteiger partial charge in [-0.2, -0.15) is 0 Å². The Labute approximate surface area is 225 Å². The third kappa shape index (κ3) is 5.07. The van der Waals surface area contributed by atoms with Crippen LogP contribution in [-0.2, 0) is 23.8 Å². The van der Waals surface area contributed by atoms with Crippen LogP contribution in [0.4, 0.5) is 0 Å². The van der Waals surface area contributed by atoms with E-state index in [0.717, 1.165) is 4.90 Å². The van der Waals surface area contributed by atoms with Gasteiger partial charge in [0.25, 0.3) is 11.8 Å². The van der Waals surface area contributed by atoms with Crippen molar-refractivity contribution in [2.75, 3.05) is 33.5 Å². The van der Waals surface area contributed by atoms with Gasteiger partial charge < -0.3 is 19.5 Å². The van der Waals surface area contributed by atoms with Crippen LogP contribution in [-0.4, -0.2) is 62.1 Å². The van der Waals surface area contributed by atoms with E-state index in [4.69, 9.17) is 25.8 Å². The largest absolute Gasteiger partial charge is 0.466 e. The third-order valence-electron chi connectivity index (χ3n) is 6.35. The summed E-state index contributed by atoms with van der Waals surface area (Å²) in [7, 11) is 1.26. The molecule has 0 unspecified atom stereocenters. The molecule has 2 aliphatic rings. The standard InChI is InChI=1S/C28H27ClN2O7/c1-4-38-28(35)24-21(15-37-14-13-31-25(32)17-9-5-6-10-18(17)26(31)33)30-16(2)22(27(34)36-3)23(24)19-11-7-8-12-20(19)29/h5-12,23,30H,4,13-15H2,1-3H3/t23-/m1/s1. The maximum absolute atomic E-state index is 13.2.